The van der Waals surface area contributed by atoms with Gasteiger partial charge in [0, 0.05) is 29.9 Å². The Kier molecular flexibility index (Phi) is 6.57. The Morgan fingerprint density at radius 1 is 1.08 bits per heavy atom. The Bertz CT molecular complexity index is 735. The van der Waals surface area contributed by atoms with Crippen molar-refractivity contribution >= 4 is 17.3 Å². The van der Waals surface area contributed by atoms with Crippen molar-refractivity contribution in [3.8, 4) is 5.75 Å². The van der Waals surface area contributed by atoms with Gasteiger partial charge in [0.05, 0.1) is 12.8 Å². The molecule has 0 aliphatic carbocycles. The molecule has 0 saturated heterocycles. The van der Waals surface area contributed by atoms with E-state index < -0.39 is 0 Å². The van der Waals surface area contributed by atoms with Gasteiger partial charge in [-0.15, -0.1) is 0 Å². The van der Waals surface area contributed by atoms with E-state index in [1.807, 2.05) is 55.5 Å². The van der Waals surface area contributed by atoms with Crippen LogP contribution in [0.15, 0.2) is 53.6 Å². The molecule has 0 aromatic heterocycles. The van der Waals surface area contributed by atoms with Crippen LogP contribution in [0.3, 0.4) is 0 Å². The number of hydrazone groups is 1. The summed E-state index contributed by atoms with van der Waals surface area (Å²) in [4.78, 5) is 14.5. The maximum absolute atomic E-state index is 12.3. The van der Waals surface area contributed by atoms with Crippen molar-refractivity contribution in [2.24, 2.45) is 5.10 Å². The van der Waals surface area contributed by atoms with E-state index >= 15 is 0 Å². The molecule has 2 aromatic rings. The molecule has 5 heteroatoms. The molecule has 0 heterocycles. The average molecular weight is 339 g/mol. The summed E-state index contributed by atoms with van der Waals surface area (Å²) in [6.07, 6.45) is 0. The van der Waals surface area contributed by atoms with Gasteiger partial charge in [-0.3, -0.25) is 4.79 Å². The van der Waals surface area contributed by atoms with Crippen LogP contribution in [0.2, 0.25) is 0 Å². The Morgan fingerprint density at radius 2 is 1.76 bits per heavy atom. The maximum atomic E-state index is 12.3. The third kappa shape index (κ3) is 4.83. The minimum Gasteiger partial charge on any atom is -0.497 e. The largest absolute Gasteiger partial charge is 0.497 e. The van der Waals surface area contributed by atoms with Crippen LogP contribution >= 0.6 is 0 Å². The fourth-order valence-corrected chi connectivity index (χ4v) is 2.52. The number of hydrogen-bond donors (Lipinski definition) is 1. The van der Waals surface area contributed by atoms with Gasteiger partial charge >= 0.3 is 0 Å². The van der Waals surface area contributed by atoms with E-state index in [4.69, 9.17) is 4.74 Å². The SMILES string of the molecule is CCN(CC)c1ccc(C(=O)N/N=C(/C)c2cccc(OC)c2)cc1. The van der Waals surface area contributed by atoms with Gasteiger partial charge in [-0.25, -0.2) is 5.43 Å². The summed E-state index contributed by atoms with van der Waals surface area (Å²) in [5, 5.41) is 4.19. The summed E-state index contributed by atoms with van der Waals surface area (Å²) in [5.41, 5.74) is 5.91. The maximum Gasteiger partial charge on any atom is 0.271 e. The predicted molar refractivity (Wildman–Crippen MR) is 103 cm³/mol. The summed E-state index contributed by atoms with van der Waals surface area (Å²) in [6.45, 7) is 7.94. The summed E-state index contributed by atoms with van der Waals surface area (Å²) < 4.78 is 5.20. The van der Waals surface area contributed by atoms with E-state index in [0.717, 1.165) is 30.1 Å². The highest BCUT2D eigenvalue weighted by atomic mass is 16.5. The lowest BCUT2D eigenvalue weighted by Gasteiger charge is -2.20. The molecule has 0 fully saturated rings. The lowest BCUT2D eigenvalue weighted by atomic mass is 10.1. The van der Waals surface area contributed by atoms with Gasteiger partial charge in [0.2, 0.25) is 0 Å². The number of anilines is 1. The van der Waals surface area contributed by atoms with Gasteiger partial charge in [0.15, 0.2) is 0 Å². The minimum absolute atomic E-state index is 0.228. The third-order valence-electron chi connectivity index (χ3n) is 4.07. The Morgan fingerprint density at radius 3 is 2.36 bits per heavy atom. The minimum atomic E-state index is -0.228. The second-order valence-electron chi connectivity index (χ2n) is 5.59. The van der Waals surface area contributed by atoms with Crippen LogP contribution in [0.1, 0.15) is 36.7 Å². The number of hydrogen-bond acceptors (Lipinski definition) is 4. The normalized spacial score (nSPS) is 11.1. The highest BCUT2D eigenvalue weighted by molar-refractivity contribution is 6.01. The monoisotopic (exact) mass is 339 g/mol. The number of ether oxygens (including phenoxy) is 1. The topological polar surface area (TPSA) is 53.9 Å². The molecular formula is C20H25N3O2. The standard InChI is InChI=1S/C20H25N3O2/c1-5-23(6-2)18-12-10-16(11-13-18)20(24)22-21-15(3)17-8-7-9-19(14-17)25-4/h7-14H,5-6H2,1-4H3,(H,22,24)/b21-15-. The molecule has 0 unspecified atom stereocenters. The first kappa shape index (κ1) is 18.5. The van der Waals surface area contributed by atoms with Gasteiger partial charge in [-0.2, -0.15) is 5.10 Å². The molecule has 0 saturated carbocycles. The number of rotatable bonds is 7. The molecule has 25 heavy (non-hydrogen) atoms. The van der Waals surface area contributed by atoms with Crippen LogP contribution in [0, 0.1) is 0 Å². The van der Waals surface area contributed by atoms with Crippen LogP contribution in [0.4, 0.5) is 5.69 Å². The summed E-state index contributed by atoms with van der Waals surface area (Å²) in [5.74, 6) is 0.527. The zero-order chi connectivity index (χ0) is 18.2. The first-order valence-corrected chi connectivity index (χ1v) is 8.43. The number of amides is 1. The number of carbonyl (C=O) groups excluding carboxylic acids is 1. The fraction of sp³-hybridized carbons (Fsp3) is 0.300. The molecule has 0 bridgehead atoms. The molecule has 5 nitrogen and oxygen atoms in total. The van der Waals surface area contributed by atoms with Gasteiger partial charge < -0.3 is 9.64 Å². The first-order valence-electron chi connectivity index (χ1n) is 8.43. The van der Waals surface area contributed by atoms with Crippen molar-refractivity contribution in [1.82, 2.24) is 5.43 Å². The van der Waals surface area contributed by atoms with Gasteiger partial charge in [-0.05, 0) is 57.2 Å². The van der Waals surface area contributed by atoms with Crippen molar-refractivity contribution < 1.29 is 9.53 Å². The van der Waals surface area contributed by atoms with Crippen molar-refractivity contribution in [3.05, 3.63) is 59.7 Å². The van der Waals surface area contributed by atoms with Crippen LogP contribution in [-0.4, -0.2) is 31.8 Å². The number of nitrogens with zero attached hydrogens (tertiary/aromatic N) is 2. The van der Waals surface area contributed by atoms with Crippen molar-refractivity contribution in [3.63, 3.8) is 0 Å². The van der Waals surface area contributed by atoms with E-state index in [1.165, 1.54) is 0 Å². The van der Waals surface area contributed by atoms with Crippen LogP contribution in [0.5, 0.6) is 5.75 Å². The van der Waals surface area contributed by atoms with Gasteiger partial charge in [-0.1, -0.05) is 12.1 Å². The quantitative estimate of drug-likeness (QED) is 0.618. The molecule has 1 N–H and O–H groups in total. The van der Waals surface area contributed by atoms with Crippen LogP contribution in [-0.2, 0) is 0 Å². The molecule has 0 aliphatic heterocycles. The summed E-state index contributed by atoms with van der Waals surface area (Å²) in [7, 11) is 1.62. The molecule has 1 amide bonds. The summed E-state index contributed by atoms with van der Waals surface area (Å²) in [6, 6.07) is 15.1. The second kappa shape index (κ2) is 8.87. The zero-order valence-corrected chi connectivity index (χ0v) is 15.2. The number of carbonyl (C=O) groups is 1. The van der Waals surface area contributed by atoms with Gasteiger partial charge in [0.1, 0.15) is 5.75 Å². The molecule has 0 radical (unpaired) electrons. The highest BCUT2D eigenvalue weighted by Gasteiger charge is 2.07. The second-order valence-corrected chi connectivity index (χ2v) is 5.59. The van der Waals surface area contributed by atoms with E-state index in [2.05, 4.69) is 29.3 Å². The Hall–Kier alpha value is -2.82. The van der Waals surface area contributed by atoms with Crippen molar-refractivity contribution in [2.45, 2.75) is 20.8 Å². The van der Waals surface area contributed by atoms with E-state index in [1.54, 1.807) is 7.11 Å². The first-order chi connectivity index (χ1) is 12.1. The van der Waals surface area contributed by atoms with E-state index in [9.17, 15) is 4.79 Å². The molecule has 2 aromatic carbocycles. The van der Waals surface area contributed by atoms with E-state index in [0.29, 0.717) is 11.3 Å². The van der Waals surface area contributed by atoms with Crippen LogP contribution in [0.25, 0.3) is 0 Å². The zero-order valence-electron chi connectivity index (χ0n) is 15.2. The molecule has 0 spiro atoms. The highest BCUT2D eigenvalue weighted by Crippen LogP contribution is 2.15. The lowest BCUT2D eigenvalue weighted by molar-refractivity contribution is 0.0955. The summed E-state index contributed by atoms with van der Waals surface area (Å²) >= 11 is 0. The fourth-order valence-electron chi connectivity index (χ4n) is 2.52. The molecule has 2 rings (SSSR count). The molecular weight excluding hydrogens is 314 g/mol. The molecule has 0 aliphatic rings. The van der Waals surface area contributed by atoms with Crippen LogP contribution < -0.4 is 15.1 Å². The number of nitrogens with one attached hydrogen (secondary N) is 1. The van der Waals surface area contributed by atoms with Gasteiger partial charge in [0.25, 0.3) is 5.91 Å². The number of methoxy groups -OCH3 is 1. The predicted octanol–water partition coefficient (Wildman–Crippen LogP) is 3.70. The Labute approximate surface area is 149 Å². The smallest absolute Gasteiger partial charge is 0.271 e. The lowest BCUT2D eigenvalue weighted by Crippen LogP contribution is -2.22. The Balaban J connectivity index is 2.06. The molecule has 132 valence electrons. The van der Waals surface area contributed by atoms with Crippen molar-refractivity contribution in [1.29, 1.82) is 0 Å². The third-order valence-corrected chi connectivity index (χ3v) is 4.07. The average Bonchev–Trinajstić information content (AvgIpc) is 2.67. The molecule has 0 atom stereocenters. The van der Waals surface area contributed by atoms with Crippen molar-refractivity contribution in [2.75, 3.05) is 25.1 Å². The number of benzene rings is 2. The van der Waals surface area contributed by atoms with E-state index in [-0.39, 0.29) is 5.91 Å².